The molecule has 2 heterocycles. The summed E-state index contributed by atoms with van der Waals surface area (Å²) in [4.78, 5) is 0. The number of aromatic nitrogens is 2. The highest BCUT2D eigenvalue weighted by molar-refractivity contribution is 6.22. The van der Waals surface area contributed by atoms with E-state index in [1.165, 1.54) is 66.1 Å². The highest BCUT2D eigenvalue weighted by Crippen LogP contribution is 2.43. The zero-order chi connectivity index (χ0) is 25.1. The third kappa shape index (κ3) is 2.95. The second-order valence-electron chi connectivity index (χ2n) is 9.78. The van der Waals surface area contributed by atoms with Gasteiger partial charge in [0, 0.05) is 32.9 Å². The lowest BCUT2D eigenvalue weighted by Crippen LogP contribution is -1.93. The quantitative estimate of drug-likeness (QED) is 0.236. The topological polar surface area (TPSA) is 9.86 Å². The molecule has 6 aromatic carbocycles. The molecule has 0 atom stereocenters. The first-order chi connectivity index (χ1) is 18.9. The molecular formula is C36H24N2. The summed E-state index contributed by atoms with van der Waals surface area (Å²) in [5.41, 5.74) is 9.76. The summed E-state index contributed by atoms with van der Waals surface area (Å²) in [5, 5.41) is 5.11. The number of hydrogen-bond donors (Lipinski definition) is 0. The van der Waals surface area contributed by atoms with Crippen LogP contribution in [0.2, 0.25) is 0 Å². The summed E-state index contributed by atoms with van der Waals surface area (Å²) in [5.74, 6) is 0. The van der Waals surface area contributed by atoms with Crippen LogP contribution in [0.3, 0.4) is 0 Å². The number of nitrogens with zero attached hydrogens (tertiary/aromatic N) is 2. The van der Waals surface area contributed by atoms with Crippen LogP contribution in [0.1, 0.15) is 0 Å². The largest absolute Gasteiger partial charge is 0.309 e. The molecule has 8 rings (SSSR count). The summed E-state index contributed by atoms with van der Waals surface area (Å²) in [7, 11) is 0. The van der Waals surface area contributed by atoms with E-state index in [-0.39, 0.29) is 0 Å². The molecular weight excluding hydrogens is 460 g/mol. The fourth-order valence-corrected chi connectivity index (χ4v) is 6.20. The average Bonchev–Trinajstić information content (AvgIpc) is 3.51. The van der Waals surface area contributed by atoms with Crippen molar-refractivity contribution >= 4 is 43.6 Å². The molecule has 0 spiro atoms. The lowest BCUT2D eigenvalue weighted by Gasteiger charge is -2.10. The third-order valence-corrected chi connectivity index (χ3v) is 7.71. The highest BCUT2D eigenvalue weighted by atomic mass is 15.0. The lowest BCUT2D eigenvalue weighted by atomic mass is 9.95. The van der Waals surface area contributed by atoms with Crippen molar-refractivity contribution < 1.29 is 0 Å². The zero-order valence-corrected chi connectivity index (χ0v) is 20.8. The van der Waals surface area contributed by atoms with E-state index in [9.17, 15) is 0 Å². The van der Waals surface area contributed by atoms with Crippen molar-refractivity contribution in [2.75, 3.05) is 0 Å². The summed E-state index contributed by atoms with van der Waals surface area (Å²) in [6.45, 7) is 0. The average molecular weight is 485 g/mol. The van der Waals surface area contributed by atoms with Gasteiger partial charge >= 0.3 is 0 Å². The molecule has 178 valence electrons. The van der Waals surface area contributed by atoms with Crippen molar-refractivity contribution in [3.8, 4) is 22.5 Å². The molecule has 0 radical (unpaired) electrons. The molecule has 0 aliphatic heterocycles. The van der Waals surface area contributed by atoms with Gasteiger partial charge in [0.15, 0.2) is 0 Å². The van der Waals surface area contributed by atoms with E-state index < -0.39 is 0 Å². The Bertz CT molecular complexity index is 1960. The molecule has 8 aromatic rings. The van der Waals surface area contributed by atoms with E-state index in [1.807, 2.05) is 0 Å². The van der Waals surface area contributed by atoms with E-state index >= 15 is 0 Å². The molecule has 0 fully saturated rings. The number of benzene rings is 6. The van der Waals surface area contributed by atoms with Crippen molar-refractivity contribution in [3.05, 3.63) is 146 Å². The van der Waals surface area contributed by atoms with Gasteiger partial charge in [-0.25, -0.2) is 0 Å². The molecule has 2 aromatic heterocycles. The van der Waals surface area contributed by atoms with Crippen molar-refractivity contribution in [2.45, 2.75) is 0 Å². The van der Waals surface area contributed by atoms with Gasteiger partial charge < -0.3 is 9.13 Å². The van der Waals surface area contributed by atoms with Gasteiger partial charge in [-0.05, 0) is 59.7 Å². The van der Waals surface area contributed by atoms with Crippen molar-refractivity contribution in [1.82, 2.24) is 9.13 Å². The maximum Gasteiger partial charge on any atom is 0.0547 e. The Morgan fingerprint density at radius 2 is 0.658 bits per heavy atom. The lowest BCUT2D eigenvalue weighted by molar-refractivity contribution is 1.18. The number of hydrogen-bond acceptors (Lipinski definition) is 0. The minimum Gasteiger partial charge on any atom is -0.309 e. The first-order valence-electron chi connectivity index (χ1n) is 13.1. The molecule has 0 aliphatic carbocycles. The van der Waals surface area contributed by atoms with Crippen LogP contribution in [0.5, 0.6) is 0 Å². The molecule has 0 unspecified atom stereocenters. The minimum absolute atomic E-state index is 1.18. The van der Waals surface area contributed by atoms with E-state index in [2.05, 4.69) is 155 Å². The minimum atomic E-state index is 1.18. The Hall–Kier alpha value is -5.08. The molecule has 2 heteroatoms. The van der Waals surface area contributed by atoms with E-state index in [0.29, 0.717) is 0 Å². The standard InChI is InChI=1S/C36H24N2/c1-3-13-25(14-4-1)37-31-21-9-7-17-29(31)35-27(19-11-23-33(35)37)28-20-12-24-34-36(28)30-18-8-10-22-32(30)38(34)26-15-5-2-6-16-26/h1-24H. The summed E-state index contributed by atoms with van der Waals surface area (Å²) >= 11 is 0. The number of fused-ring (bicyclic) bond motifs is 6. The zero-order valence-electron chi connectivity index (χ0n) is 20.8. The Kier molecular flexibility index (Phi) is 4.55. The van der Waals surface area contributed by atoms with Gasteiger partial charge in [-0.15, -0.1) is 0 Å². The maximum atomic E-state index is 2.39. The van der Waals surface area contributed by atoms with E-state index in [1.54, 1.807) is 0 Å². The van der Waals surface area contributed by atoms with Crippen LogP contribution in [0, 0.1) is 0 Å². The smallest absolute Gasteiger partial charge is 0.0547 e. The number of para-hydroxylation sites is 4. The predicted octanol–water partition coefficient (Wildman–Crippen LogP) is 9.55. The van der Waals surface area contributed by atoms with Crippen molar-refractivity contribution in [3.63, 3.8) is 0 Å². The summed E-state index contributed by atoms with van der Waals surface area (Å²) in [6.07, 6.45) is 0. The summed E-state index contributed by atoms with van der Waals surface area (Å²) < 4.78 is 4.78. The van der Waals surface area contributed by atoms with Gasteiger partial charge in [-0.3, -0.25) is 0 Å². The molecule has 0 amide bonds. The first kappa shape index (κ1) is 21.0. The van der Waals surface area contributed by atoms with Crippen LogP contribution in [-0.4, -0.2) is 9.13 Å². The molecule has 0 aliphatic rings. The van der Waals surface area contributed by atoms with Crippen molar-refractivity contribution in [2.24, 2.45) is 0 Å². The highest BCUT2D eigenvalue weighted by Gasteiger charge is 2.20. The van der Waals surface area contributed by atoms with Crippen LogP contribution in [-0.2, 0) is 0 Å². The fraction of sp³-hybridized carbons (Fsp3) is 0. The second-order valence-corrected chi connectivity index (χ2v) is 9.78. The normalized spacial score (nSPS) is 11.7. The molecule has 0 saturated heterocycles. The molecule has 0 bridgehead atoms. The maximum absolute atomic E-state index is 2.39. The van der Waals surface area contributed by atoms with Gasteiger partial charge in [0.05, 0.1) is 22.1 Å². The van der Waals surface area contributed by atoms with Crippen LogP contribution >= 0.6 is 0 Å². The monoisotopic (exact) mass is 484 g/mol. The van der Waals surface area contributed by atoms with Gasteiger partial charge in [-0.2, -0.15) is 0 Å². The molecule has 0 N–H and O–H groups in total. The molecule has 0 saturated carbocycles. The third-order valence-electron chi connectivity index (χ3n) is 7.71. The van der Waals surface area contributed by atoms with E-state index in [0.717, 1.165) is 0 Å². The molecule has 38 heavy (non-hydrogen) atoms. The van der Waals surface area contributed by atoms with Crippen LogP contribution in [0.25, 0.3) is 66.1 Å². The Labute approximate surface area is 220 Å². The van der Waals surface area contributed by atoms with Crippen LogP contribution < -0.4 is 0 Å². The second kappa shape index (κ2) is 8.22. The van der Waals surface area contributed by atoms with E-state index in [4.69, 9.17) is 0 Å². The Morgan fingerprint density at radius 1 is 0.289 bits per heavy atom. The fourth-order valence-electron chi connectivity index (χ4n) is 6.20. The van der Waals surface area contributed by atoms with Gasteiger partial charge in [0.25, 0.3) is 0 Å². The Morgan fingerprint density at radius 3 is 1.11 bits per heavy atom. The van der Waals surface area contributed by atoms with Crippen LogP contribution in [0.15, 0.2) is 146 Å². The molecule has 2 nitrogen and oxygen atoms in total. The van der Waals surface area contributed by atoms with Crippen molar-refractivity contribution in [1.29, 1.82) is 0 Å². The predicted molar refractivity (Wildman–Crippen MR) is 161 cm³/mol. The SMILES string of the molecule is c1ccc(-n2c3ccccc3c3c(-c4cccc5c4c4ccccc4n5-c4ccccc4)cccc32)cc1. The Balaban J connectivity index is 1.52. The van der Waals surface area contributed by atoms with Gasteiger partial charge in [-0.1, -0.05) is 97.1 Å². The van der Waals surface area contributed by atoms with Gasteiger partial charge in [0.1, 0.15) is 0 Å². The first-order valence-corrected chi connectivity index (χ1v) is 13.1. The number of rotatable bonds is 3. The summed E-state index contributed by atoms with van der Waals surface area (Å²) in [6, 6.07) is 52.3. The van der Waals surface area contributed by atoms with Crippen LogP contribution in [0.4, 0.5) is 0 Å². The van der Waals surface area contributed by atoms with Gasteiger partial charge in [0.2, 0.25) is 0 Å².